The molecule has 170 valence electrons. The quantitative estimate of drug-likeness (QED) is 0.241. The highest BCUT2D eigenvalue weighted by Gasteiger charge is 2.10. The number of aliphatic imine (C=N–C) groups is 1. The van der Waals surface area contributed by atoms with Crippen LogP contribution < -0.4 is 25.8 Å². The Balaban J connectivity index is 0.00000480. The van der Waals surface area contributed by atoms with Gasteiger partial charge in [-0.1, -0.05) is 32.0 Å². The van der Waals surface area contributed by atoms with Crippen molar-refractivity contribution in [3.8, 4) is 11.5 Å². The van der Waals surface area contributed by atoms with Crippen LogP contribution in [0, 0.1) is 5.92 Å². The minimum absolute atomic E-state index is 0. The van der Waals surface area contributed by atoms with Gasteiger partial charge in [0.25, 0.3) is 0 Å². The summed E-state index contributed by atoms with van der Waals surface area (Å²) in [5.41, 5.74) is 8.84. The number of rotatable bonds is 10. The third kappa shape index (κ3) is 8.64. The molecule has 0 radical (unpaired) electrons. The fraction of sp³-hybridized carbons (Fsp3) is 0.391. The van der Waals surface area contributed by atoms with Crippen molar-refractivity contribution in [2.75, 3.05) is 26.1 Å². The average molecular weight is 540 g/mol. The van der Waals surface area contributed by atoms with Crippen molar-refractivity contribution in [1.29, 1.82) is 0 Å². The van der Waals surface area contributed by atoms with E-state index in [1.165, 1.54) is 0 Å². The van der Waals surface area contributed by atoms with Crippen LogP contribution in [0.1, 0.15) is 31.4 Å². The van der Waals surface area contributed by atoms with Gasteiger partial charge in [-0.25, -0.2) is 4.99 Å². The van der Waals surface area contributed by atoms with Crippen LogP contribution in [0.15, 0.2) is 47.5 Å². The molecule has 8 heteroatoms. The Hall–Kier alpha value is -2.49. The van der Waals surface area contributed by atoms with Crippen LogP contribution >= 0.6 is 24.0 Å². The summed E-state index contributed by atoms with van der Waals surface area (Å²) in [5.74, 6) is 1.80. The van der Waals surface area contributed by atoms with E-state index in [4.69, 9.17) is 15.2 Å². The molecule has 2 rings (SSSR count). The van der Waals surface area contributed by atoms with Crippen LogP contribution in [-0.2, 0) is 17.8 Å². The number of benzene rings is 2. The Bertz CT molecular complexity index is 874. The summed E-state index contributed by atoms with van der Waals surface area (Å²) >= 11 is 0. The number of nitrogens with two attached hydrogens (primary N) is 1. The van der Waals surface area contributed by atoms with Crippen LogP contribution in [0.4, 0.5) is 5.69 Å². The molecule has 0 saturated heterocycles. The largest absolute Gasteiger partial charge is 0.493 e. The molecular weight excluding hydrogens is 507 g/mol. The first-order chi connectivity index (χ1) is 14.5. The Morgan fingerprint density at radius 1 is 1.10 bits per heavy atom. The van der Waals surface area contributed by atoms with Crippen molar-refractivity contribution >= 4 is 41.5 Å². The molecule has 4 N–H and O–H groups in total. The average Bonchev–Trinajstić information content (AvgIpc) is 2.77. The molecule has 0 fully saturated rings. The Morgan fingerprint density at radius 2 is 1.84 bits per heavy atom. The first-order valence-corrected chi connectivity index (χ1v) is 10.1. The molecule has 0 aromatic heterocycles. The van der Waals surface area contributed by atoms with Gasteiger partial charge in [0.1, 0.15) is 0 Å². The van der Waals surface area contributed by atoms with Crippen molar-refractivity contribution in [2.24, 2.45) is 16.6 Å². The first-order valence-electron chi connectivity index (χ1n) is 10.1. The van der Waals surface area contributed by atoms with E-state index in [2.05, 4.69) is 15.6 Å². The number of anilines is 1. The summed E-state index contributed by atoms with van der Waals surface area (Å²) in [6, 6.07) is 13.5. The zero-order chi connectivity index (χ0) is 21.9. The minimum atomic E-state index is -0.0165. The van der Waals surface area contributed by atoms with Gasteiger partial charge < -0.3 is 25.8 Å². The second-order valence-corrected chi connectivity index (χ2v) is 7.07. The van der Waals surface area contributed by atoms with E-state index in [0.717, 1.165) is 29.7 Å². The number of guanidine groups is 1. The van der Waals surface area contributed by atoms with E-state index in [9.17, 15) is 4.79 Å². The summed E-state index contributed by atoms with van der Waals surface area (Å²) in [7, 11) is 3.24. The van der Waals surface area contributed by atoms with Gasteiger partial charge in [0.2, 0.25) is 5.91 Å². The van der Waals surface area contributed by atoms with E-state index in [1.54, 1.807) is 14.2 Å². The number of methoxy groups -OCH3 is 2. The maximum absolute atomic E-state index is 12.0. The highest BCUT2D eigenvalue weighted by atomic mass is 127. The lowest BCUT2D eigenvalue weighted by Crippen LogP contribution is -2.33. The molecule has 1 amide bonds. The Kier molecular flexibility index (Phi) is 11.8. The van der Waals surface area contributed by atoms with E-state index < -0.39 is 0 Å². The fourth-order valence-corrected chi connectivity index (χ4v) is 2.80. The Morgan fingerprint density at radius 3 is 2.52 bits per heavy atom. The molecule has 1 unspecified atom stereocenters. The number of nitrogens with one attached hydrogen (secondary N) is 2. The molecule has 1 atom stereocenters. The minimum Gasteiger partial charge on any atom is -0.493 e. The van der Waals surface area contributed by atoms with Gasteiger partial charge in [0.05, 0.1) is 20.8 Å². The number of nitrogens with zero attached hydrogens (tertiary/aromatic N) is 1. The molecular formula is C23H33IN4O3. The number of ether oxygens (including phenoxy) is 2. The molecule has 2 aromatic carbocycles. The highest BCUT2D eigenvalue weighted by Crippen LogP contribution is 2.27. The van der Waals surface area contributed by atoms with Gasteiger partial charge in [-0.3, -0.25) is 4.79 Å². The summed E-state index contributed by atoms with van der Waals surface area (Å²) in [5, 5.41) is 6.06. The standard InChI is InChI=1S/C23H32N4O3.HI/c1-5-16(2)22(28)27-19-8-6-7-18(13-19)15-26-23(24)25-12-11-17-9-10-20(29-3)21(14-17)30-4;/h6-10,13-14,16H,5,11-12,15H2,1-4H3,(H,27,28)(H3,24,25,26);1H. The SMILES string of the molecule is CCC(C)C(=O)Nc1cccc(CN=C(N)NCCc2ccc(OC)c(OC)c2)c1.I. The lowest BCUT2D eigenvalue weighted by atomic mass is 10.1. The molecule has 0 saturated carbocycles. The van der Waals surface area contributed by atoms with Gasteiger partial charge in [-0.15, -0.1) is 24.0 Å². The zero-order valence-electron chi connectivity index (χ0n) is 18.6. The van der Waals surface area contributed by atoms with Gasteiger partial charge in [-0.05, 0) is 48.2 Å². The fourth-order valence-electron chi connectivity index (χ4n) is 2.80. The van der Waals surface area contributed by atoms with E-state index in [0.29, 0.717) is 30.5 Å². The maximum Gasteiger partial charge on any atom is 0.227 e. The monoisotopic (exact) mass is 540 g/mol. The van der Waals surface area contributed by atoms with E-state index in [1.807, 2.05) is 56.3 Å². The molecule has 2 aromatic rings. The normalized spacial score (nSPS) is 11.8. The van der Waals surface area contributed by atoms with Crippen LogP contribution in [0.3, 0.4) is 0 Å². The highest BCUT2D eigenvalue weighted by molar-refractivity contribution is 14.0. The van der Waals surface area contributed by atoms with Gasteiger partial charge in [0, 0.05) is 18.2 Å². The van der Waals surface area contributed by atoms with Gasteiger partial charge >= 0.3 is 0 Å². The number of carbonyl (C=O) groups is 1. The smallest absolute Gasteiger partial charge is 0.227 e. The molecule has 0 heterocycles. The summed E-state index contributed by atoms with van der Waals surface area (Å²) in [6.45, 7) is 4.99. The second-order valence-electron chi connectivity index (χ2n) is 7.07. The van der Waals surface area contributed by atoms with E-state index in [-0.39, 0.29) is 35.8 Å². The lowest BCUT2D eigenvalue weighted by molar-refractivity contribution is -0.119. The summed E-state index contributed by atoms with van der Waals surface area (Å²) in [4.78, 5) is 16.4. The zero-order valence-corrected chi connectivity index (χ0v) is 20.9. The van der Waals surface area contributed by atoms with Crippen LogP contribution in [0.25, 0.3) is 0 Å². The number of amides is 1. The number of carbonyl (C=O) groups excluding carboxylic acids is 1. The topological polar surface area (TPSA) is 98.0 Å². The molecule has 0 bridgehead atoms. The third-order valence-corrected chi connectivity index (χ3v) is 4.85. The second kappa shape index (κ2) is 13.7. The summed E-state index contributed by atoms with van der Waals surface area (Å²) < 4.78 is 10.6. The molecule has 0 spiro atoms. The van der Waals surface area contributed by atoms with Crippen LogP contribution in [0.5, 0.6) is 11.5 Å². The first kappa shape index (κ1) is 26.5. The summed E-state index contributed by atoms with van der Waals surface area (Å²) in [6.07, 6.45) is 1.58. The van der Waals surface area contributed by atoms with E-state index >= 15 is 0 Å². The van der Waals surface area contributed by atoms with Gasteiger partial charge in [-0.2, -0.15) is 0 Å². The van der Waals surface area contributed by atoms with Crippen molar-refractivity contribution in [1.82, 2.24) is 5.32 Å². The molecule has 0 aliphatic carbocycles. The van der Waals surface area contributed by atoms with Crippen LogP contribution in [0.2, 0.25) is 0 Å². The molecule has 7 nitrogen and oxygen atoms in total. The molecule has 0 aliphatic heterocycles. The maximum atomic E-state index is 12.0. The van der Waals surface area contributed by atoms with Crippen molar-refractivity contribution in [3.05, 3.63) is 53.6 Å². The van der Waals surface area contributed by atoms with Crippen molar-refractivity contribution in [2.45, 2.75) is 33.2 Å². The number of hydrogen-bond acceptors (Lipinski definition) is 4. The number of halogens is 1. The van der Waals surface area contributed by atoms with Gasteiger partial charge in [0.15, 0.2) is 17.5 Å². The Labute approximate surface area is 201 Å². The van der Waals surface area contributed by atoms with Crippen molar-refractivity contribution in [3.63, 3.8) is 0 Å². The molecule has 31 heavy (non-hydrogen) atoms. The third-order valence-electron chi connectivity index (χ3n) is 4.85. The predicted molar refractivity (Wildman–Crippen MR) is 137 cm³/mol. The van der Waals surface area contributed by atoms with Crippen molar-refractivity contribution < 1.29 is 14.3 Å². The number of hydrogen-bond donors (Lipinski definition) is 3. The van der Waals surface area contributed by atoms with Crippen LogP contribution in [-0.4, -0.2) is 32.6 Å². The molecule has 0 aliphatic rings. The predicted octanol–water partition coefficient (Wildman–Crippen LogP) is 3.95. The lowest BCUT2D eigenvalue weighted by Gasteiger charge is -2.11.